The predicted octanol–water partition coefficient (Wildman–Crippen LogP) is 4.60. The molecular formula is C19H15NO2. The van der Waals surface area contributed by atoms with E-state index in [9.17, 15) is 4.79 Å². The Bertz CT molecular complexity index is 774. The molecule has 0 unspecified atom stereocenters. The Morgan fingerprint density at radius 1 is 0.909 bits per heavy atom. The van der Waals surface area contributed by atoms with Crippen LogP contribution >= 0.6 is 0 Å². The molecule has 22 heavy (non-hydrogen) atoms. The highest BCUT2D eigenvalue weighted by atomic mass is 16.3. The van der Waals surface area contributed by atoms with Gasteiger partial charge in [0, 0.05) is 17.3 Å². The van der Waals surface area contributed by atoms with E-state index in [1.165, 1.54) is 6.08 Å². The van der Waals surface area contributed by atoms with Gasteiger partial charge < -0.3 is 9.73 Å². The number of anilines is 1. The first-order valence-corrected chi connectivity index (χ1v) is 7.00. The van der Waals surface area contributed by atoms with Crippen LogP contribution in [-0.4, -0.2) is 5.91 Å². The Balaban J connectivity index is 1.80. The third-order valence-corrected chi connectivity index (χ3v) is 3.21. The maximum absolute atomic E-state index is 12.1. The standard InChI is InChI=1S/C19H15NO2/c21-19(13-12-16-9-6-14-22-16)20-18-11-5-4-10-17(18)15-7-2-1-3-8-15/h1-14H,(H,20,21)/b13-12+. The third kappa shape index (κ3) is 3.33. The first-order valence-electron chi connectivity index (χ1n) is 7.00. The minimum absolute atomic E-state index is 0.195. The van der Waals surface area contributed by atoms with Crippen LogP contribution in [0.4, 0.5) is 5.69 Å². The maximum atomic E-state index is 12.1. The number of benzene rings is 2. The molecular weight excluding hydrogens is 274 g/mol. The summed E-state index contributed by atoms with van der Waals surface area (Å²) in [4.78, 5) is 12.1. The minimum Gasteiger partial charge on any atom is -0.465 e. The van der Waals surface area contributed by atoms with E-state index in [1.54, 1.807) is 24.5 Å². The summed E-state index contributed by atoms with van der Waals surface area (Å²) in [6.07, 6.45) is 4.67. The van der Waals surface area contributed by atoms with Crippen molar-refractivity contribution in [1.29, 1.82) is 0 Å². The van der Waals surface area contributed by atoms with E-state index < -0.39 is 0 Å². The Morgan fingerprint density at radius 2 is 1.68 bits per heavy atom. The fraction of sp³-hybridized carbons (Fsp3) is 0. The molecule has 0 saturated heterocycles. The molecule has 0 atom stereocenters. The molecule has 0 spiro atoms. The van der Waals surface area contributed by atoms with Crippen molar-refractivity contribution in [3.8, 4) is 11.1 Å². The Hall–Kier alpha value is -3.07. The van der Waals surface area contributed by atoms with E-state index in [1.807, 2.05) is 54.6 Å². The SMILES string of the molecule is O=C(/C=C/c1ccco1)Nc1ccccc1-c1ccccc1. The summed E-state index contributed by atoms with van der Waals surface area (Å²) in [6, 6.07) is 21.3. The third-order valence-electron chi connectivity index (χ3n) is 3.21. The van der Waals surface area contributed by atoms with Crippen LogP contribution < -0.4 is 5.32 Å². The molecule has 0 fully saturated rings. The van der Waals surface area contributed by atoms with Crippen molar-refractivity contribution in [3.05, 3.63) is 84.8 Å². The highest BCUT2D eigenvalue weighted by Crippen LogP contribution is 2.27. The Kier molecular flexibility index (Phi) is 4.16. The number of hydrogen-bond acceptors (Lipinski definition) is 2. The van der Waals surface area contributed by atoms with Crippen LogP contribution in [-0.2, 0) is 4.79 Å². The number of nitrogens with one attached hydrogen (secondary N) is 1. The molecule has 3 nitrogen and oxygen atoms in total. The summed E-state index contributed by atoms with van der Waals surface area (Å²) in [5.41, 5.74) is 2.83. The number of para-hydroxylation sites is 1. The highest BCUT2D eigenvalue weighted by molar-refractivity contribution is 6.04. The zero-order valence-electron chi connectivity index (χ0n) is 11.9. The van der Waals surface area contributed by atoms with Gasteiger partial charge in [0.1, 0.15) is 5.76 Å². The lowest BCUT2D eigenvalue weighted by Crippen LogP contribution is -2.08. The molecule has 1 heterocycles. The summed E-state index contributed by atoms with van der Waals surface area (Å²) in [7, 11) is 0. The lowest BCUT2D eigenvalue weighted by atomic mass is 10.0. The van der Waals surface area contributed by atoms with Gasteiger partial charge in [-0.05, 0) is 29.8 Å². The monoisotopic (exact) mass is 289 g/mol. The van der Waals surface area contributed by atoms with Crippen molar-refractivity contribution in [1.82, 2.24) is 0 Å². The second-order valence-corrected chi connectivity index (χ2v) is 4.75. The molecule has 0 saturated carbocycles. The minimum atomic E-state index is -0.195. The number of hydrogen-bond donors (Lipinski definition) is 1. The number of rotatable bonds is 4. The van der Waals surface area contributed by atoms with Gasteiger partial charge in [-0.25, -0.2) is 0 Å². The zero-order valence-corrected chi connectivity index (χ0v) is 11.9. The summed E-state index contributed by atoms with van der Waals surface area (Å²) >= 11 is 0. The summed E-state index contributed by atoms with van der Waals surface area (Å²) in [5, 5.41) is 2.90. The van der Waals surface area contributed by atoms with Gasteiger partial charge in [0.05, 0.1) is 6.26 Å². The second kappa shape index (κ2) is 6.59. The summed E-state index contributed by atoms with van der Waals surface area (Å²) in [5.74, 6) is 0.450. The topological polar surface area (TPSA) is 42.2 Å². The number of amides is 1. The number of furan rings is 1. The average molecular weight is 289 g/mol. The molecule has 0 radical (unpaired) electrons. The first-order chi connectivity index (χ1) is 10.8. The van der Waals surface area contributed by atoms with Crippen molar-refractivity contribution >= 4 is 17.7 Å². The van der Waals surface area contributed by atoms with Crippen molar-refractivity contribution in [2.45, 2.75) is 0 Å². The normalized spacial score (nSPS) is 10.7. The molecule has 108 valence electrons. The van der Waals surface area contributed by atoms with Crippen LogP contribution in [0.25, 0.3) is 17.2 Å². The molecule has 2 aromatic carbocycles. The largest absolute Gasteiger partial charge is 0.465 e. The quantitative estimate of drug-likeness (QED) is 0.713. The van der Waals surface area contributed by atoms with Gasteiger partial charge in [-0.15, -0.1) is 0 Å². The molecule has 1 N–H and O–H groups in total. The van der Waals surface area contributed by atoms with Gasteiger partial charge >= 0.3 is 0 Å². The molecule has 3 rings (SSSR count). The van der Waals surface area contributed by atoms with E-state index in [2.05, 4.69) is 5.32 Å². The van der Waals surface area contributed by atoms with Crippen LogP contribution in [0.1, 0.15) is 5.76 Å². The van der Waals surface area contributed by atoms with Gasteiger partial charge in [0.15, 0.2) is 0 Å². The molecule has 0 aliphatic rings. The lowest BCUT2D eigenvalue weighted by molar-refractivity contribution is -0.111. The van der Waals surface area contributed by atoms with Gasteiger partial charge in [0.2, 0.25) is 5.91 Å². The smallest absolute Gasteiger partial charge is 0.248 e. The molecule has 1 aromatic heterocycles. The molecule has 0 aliphatic carbocycles. The van der Waals surface area contributed by atoms with Crippen LogP contribution in [0.5, 0.6) is 0 Å². The Morgan fingerprint density at radius 3 is 2.45 bits per heavy atom. The van der Waals surface area contributed by atoms with Crippen LogP contribution in [0.15, 0.2) is 83.5 Å². The lowest BCUT2D eigenvalue weighted by Gasteiger charge is -2.09. The molecule has 0 bridgehead atoms. The van der Waals surface area contributed by atoms with E-state index in [0.29, 0.717) is 5.76 Å². The number of carbonyl (C=O) groups is 1. The average Bonchev–Trinajstić information content (AvgIpc) is 3.08. The van der Waals surface area contributed by atoms with E-state index >= 15 is 0 Å². The first kappa shape index (κ1) is 13.9. The molecule has 0 aliphatic heterocycles. The molecule has 3 heteroatoms. The van der Waals surface area contributed by atoms with Gasteiger partial charge in [0.25, 0.3) is 0 Å². The second-order valence-electron chi connectivity index (χ2n) is 4.75. The van der Waals surface area contributed by atoms with Crippen LogP contribution in [0.2, 0.25) is 0 Å². The highest BCUT2D eigenvalue weighted by Gasteiger charge is 2.06. The fourth-order valence-electron chi connectivity index (χ4n) is 2.18. The van der Waals surface area contributed by atoms with Gasteiger partial charge in [-0.1, -0.05) is 48.5 Å². The van der Waals surface area contributed by atoms with Gasteiger partial charge in [-0.3, -0.25) is 4.79 Å². The van der Waals surface area contributed by atoms with E-state index in [-0.39, 0.29) is 5.91 Å². The summed E-state index contributed by atoms with van der Waals surface area (Å²) < 4.78 is 5.16. The van der Waals surface area contributed by atoms with E-state index in [0.717, 1.165) is 16.8 Å². The zero-order chi connectivity index (χ0) is 15.2. The van der Waals surface area contributed by atoms with Crippen LogP contribution in [0, 0.1) is 0 Å². The van der Waals surface area contributed by atoms with Gasteiger partial charge in [-0.2, -0.15) is 0 Å². The van der Waals surface area contributed by atoms with E-state index in [4.69, 9.17) is 4.42 Å². The van der Waals surface area contributed by atoms with Crippen LogP contribution in [0.3, 0.4) is 0 Å². The van der Waals surface area contributed by atoms with Crippen molar-refractivity contribution < 1.29 is 9.21 Å². The van der Waals surface area contributed by atoms with Crippen molar-refractivity contribution in [3.63, 3.8) is 0 Å². The summed E-state index contributed by atoms with van der Waals surface area (Å²) in [6.45, 7) is 0. The Labute approximate surface area is 128 Å². The maximum Gasteiger partial charge on any atom is 0.248 e. The van der Waals surface area contributed by atoms with Crippen molar-refractivity contribution in [2.24, 2.45) is 0 Å². The predicted molar refractivity (Wildman–Crippen MR) is 88.2 cm³/mol. The molecule has 1 amide bonds. The number of carbonyl (C=O) groups excluding carboxylic acids is 1. The van der Waals surface area contributed by atoms with Crippen molar-refractivity contribution in [2.75, 3.05) is 5.32 Å². The fourth-order valence-corrected chi connectivity index (χ4v) is 2.18. The molecule has 3 aromatic rings.